The van der Waals surface area contributed by atoms with E-state index in [0.717, 1.165) is 11.1 Å². The fraction of sp³-hybridized carbons (Fsp3) is 0.316. The highest BCUT2D eigenvalue weighted by molar-refractivity contribution is 5.79. The van der Waals surface area contributed by atoms with Crippen LogP contribution >= 0.6 is 0 Å². The van der Waals surface area contributed by atoms with E-state index < -0.39 is 30.1 Å². The molecule has 0 heterocycles. The summed E-state index contributed by atoms with van der Waals surface area (Å²) in [4.78, 5) is 11.7. The second kappa shape index (κ2) is 7.44. The van der Waals surface area contributed by atoms with Crippen molar-refractivity contribution >= 4 is 5.97 Å². The van der Waals surface area contributed by atoms with Crippen molar-refractivity contribution in [3.63, 3.8) is 0 Å². The van der Waals surface area contributed by atoms with Crippen molar-refractivity contribution in [2.45, 2.75) is 38.0 Å². The normalized spacial score (nSPS) is 12.9. The van der Waals surface area contributed by atoms with E-state index in [9.17, 15) is 35.5 Å². The van der Waals surface area contributed by atoms with Crippen LogP contribution in [0.2, 0.25) is 0 Å². The minimum atomic E-state index is -6.63. The van der Waals surface area contributed by atoms with E-state index in [-0.39, 0.29) is 11.1 Å². The maximum atomic E-state index is 13.7. The molecule has 0 aliphatic rings. The number of hydrogen-bond donors (Lipinski definition) is 0. The lowest BCUT2D eigenvalue weighted by Gasteiger charge is -2.28. The van der Waals surface area contributed by atoms with E-state index in [1.807, 2.05) is 0 Å². The molecular formula is C19H15F7O2. The predicted molar refractivity (Wildman–Crippen MR) is 86.2 cm³/mol. The molecule has 0 saturated carbocycles. The second-order valence-electron chi connectivity index (χ2n) is 6.25. The highest BCUT2D eigenvalue weighted by Gasteiger charge is 2.77. The fourth-order valence-electron chi connectivity index (χ4n) is 2.30. The zero-order valence-corrected chi connectivity index (χ0v) is 14.7. The van der Waals surface area contributed by atoms with E-state index in [1.165, 1.54) is 24.3 Å². The molecule has 0 radical (unpaired) electrons. The molecule has 0 spiro atoms. The quantitative estimate of drug-likeness (QED) is 0.464. The predicted octanol–water partition coefficient (Wildman–Crippen LogP) is 5.77. The van der Waals surface area contributed by atoms with E-state index in [1.54, 1.807) is 38.1 Å². The van der Waals surface area contributed by atoms with Gasteiger partial charge in [0.1, 0.15) is 0 Å². The lowest BCUT2D eigenvalue weighted by molar-refractivity contribution is -0.348. The topological polar surface area (TPSA) is 26.3 Å². The summed E-state index contributed by atoms with van der Waals surface area (Å²) in [5.41, 5.74) is 1.81. The molecule has 28 heavy (non-hydrogen) atoms. The van der Waals surface area contributed by atoms with Crippen LogP contribution < -0.4 is 0 Å². The number of carbonyl (C=O) groups is 1. The van der Waals surface area contributed by atoms with Crippen molar-refractivity contribution in [2.75, 3.05) is 0 Å². The van der Waals surface area contributed by atoms with Gasteiger partial charge in [-0.15, -0.1) is 0 Å². The molecule has 0 amide bonds. The van der Waals surface area contributed by atoms with Gasteiger partial charge in [0.15, 0.2) is 6.10 Å². The van der Waals surface area contributed by atoms with Crippen LogP contribution in [0.4, 0.5) is 30.7 Å². The fourth-order valence-corrected chi connectivity index (χ4v) is 2.30. The van der Waals surface area contributed by atoms with Gasteiger partial charge in [-0.25, -0.2) is 4.79 Å². The Bertz CT molecular complexity index is 779. The number of carbonyl (C=O) groups excluding carboxylic acids is 1. The van der Waals surface area contributed by atoms with Gasteiger partial charge in [-0.2, -0.15) is 30.7 Å². The molecule has 0 unspecified atom stereocenters. The van der Waals surface area contributed by atoms with Crippen molar-refractivity contribution in [3.8, 4) is 0 Å². The minimum Gasteiger partial charge on any atom is -0.448 e. The molecule has 0 bridgehead atoms. The standard InChI is InChI=1S/C19H15F7O2/c1-11-3-7-13(8-4-11)15(14-9-5-12(2)6-10-14)28-16(27)17(20,21)18(22,23)19(24,25)26/h3-10,15H,1-2H3. The van der Waals surface area contributed by atoms with Gasteiger partial charge in [-0.1, -0.05) is 59.7 Å². The summed E-state index contributed by atoms with van der Waals surface area (Å²) in [6.45, 7) is 3.43. The Labute approximate surface area is 155 Å². The van der Waals surface area contributed by atoms with E-state index >= 15 is 0 Å². The van der Waals surface area contributed by atoms with Crippen molar-refractivity contribution in [1.29, 1.82) is 0 Å². The van der Waals surface area contributed by atoms with Gasteiger partial charge in [0.25, 0.3) is 0 Å². The first-order valence-electron chi connectivity index (χ1n) is 7.94. The van der Waals surface area contributed by atoms with Crippen LogP contribution in [0.1, 0.15) is 28.4 Å². The SMILES string of the molecule is Cc1ccc(C(OC(=O)C(F)(F)C(F)(F)C(F)(F)F)c2ccc(C)cc2)cc1. The summed E-state index contributed by atoms with van der Waals surface area (Å²) in [5, 5.41) is 0. The molecular weight excluding hydrogens is 393 g/mol. The Morgan fingerprint density at radius 2 is 1.11 bits per heavy atom. The average Bonchev–Trinajstić information content (AvgIpc) is 2.60. The number of hydrogen-bond acceptors (Lipinski definition) is 2. The number of esters is 1. The van der Waals surface area contributed by atoms with Gasteiger partial charge in [-0.05, 0) is 25.0 Å². The number of benzene rings is 2. The Balaban J connectivity index is 2.43. The van der Waals surface area contributed by atoms with Gasteiger partial charge >= 0.3 is 24.0 Å². The van der Waals surface area contributed by atoms with Gasteiger partial charge < -0.3 is 4.74 Å². The van der Waals surface area contributed by atoms with Crippen LogP contribution in [-0.2, 0) is 9.53 Å². The molecule has 0 atom stereocenters. The van der Waals surface area contributed by atoms with Crippen LogP contribution in [0.5, 0.6) is 0 Å². The largest absolute Gasteiger partial charge is 0.460 e. The number of rotatable bonds is 5. The molecule has 0 aliphatic carbocycles. The highest BCUT2D eigenvalue weighted by Crippen LogP contribution is 2.47. The summed E-state index contributed by atoms with van der Waals surface area (Å²) in [6, 6.07) is 11.8. The van der Waals surface area contributed by atoms with E-state index in [0.29, 0.717) is 0 Å². The Morgan fingerprint density at radius 1 is 0.750 bits per heavy atom. The van der Waals surface area contributed by atoms with E-state index in [4.69, 9.17) is 0 Å². The molecule has 152 valence electrons. The minimum absolute atomic E-state index is 0.133. The molecule has 2 aromatic carbocycles. The molecule has 0 N–H and O–H groups in total. The van der Waals surface area contributed by atoms with Crippen molar-refractivity contribution in [3.05, 3.63) is 70.8 Å². The molecule has 2 nitrogen and oxygen atoms in total. The molecule has 0 saturated heterocycles. The zero-order chi connectivity index (χ0) is 21.3. The highest BCUT2D eigenvalue weighted by atomic mass is 19.4. The van der Waals surface area contributed by atoms with Gasteiger partial charge in [-0.3, -0.25) is 0 Å². The second-order valence-corrected chi connectivity index (χ2v) is 6.25. The first kappa shape index (κ1) is 21.7. The molecule has 2 aromatic rings. The first-order chi connectivity index (χ1) is 12.8. The number of ether oxygens (including phenoxy) is 1. The molecule has 0 aliphatic heterocycles. The van der Waals surface area contributed by atoms with Crippen LogP contribution in [0.25, 0.3) is 0 Å². The number of halogens is 7. The van der Waals surface area contributed by atoms with Gasteiger partial charge in [0.05, 0.1) is 0 Å². The van der Waals surface area contributed by atoms with E-state index in [2.05, 4.69) is 4.74 Å². The first-order valence-corrected chi connectivity index (χ1v) is 7.94. The average molecular weight is 408 g/mol. The molecule has 2 rings (SSSR count). The maximum Gasteiger partial charge on any atom is 0.460 e. The monoisotopic (exact) mass is 408 g/mol. The maximum absolute atomic E-state index is 13.7. The number of aryl methyl sites for hydroxylation is 2. The van der Waals surface area contributed by atoms with Crippen molar-refractivity contribution in [1.82, 2.24) is 0 Å². The van der Waals surface area contributed by atoms with Crippen LogP contribution in [0.15, 0.2) is 48.5 Å². The molecule has 0 aromatic heterocycles. The summed E-state index contributed by atoms with van der Waals surface area (Å²) in [5.74, 6) is -15.7. The van der Waals surface area contributed by atoms with Crippen LogP contribution in [0.3, 0.4) is 0 Å². The Kier molecular flexibility index (Phi) is 5.77. The zero-order valence-electron chi connectivity index (χ0n) is 14.7. The summed E-state index contributed by atoms with van der Waals surface area (Å²) in [7, 11) is 0. The summed E-state index contributed by atoms with van der Waals surface area (Å²) < 4.78 is 95.1. The van der Waals surface area contributed by atoms with Crippen molar-refractivity contribution in [2.24, 2.45) is 0 Å². The lowest BCUT2D eigenvalue weighted by atomic mass is 9.99. The van der Waals surface area contributed by atoms with Crippen LogP contribution in [-0.4, -0.2) is 24.0 Å². The smallest absolute Gasteiger partial charge is 0.448 e. The third-order valence-electron chi connectivity index (χ3n) is 3.99. The summed E-state index contributed by atoms with van der Waals surface area (Å²) in [6.07, 6.45) is -8.22. The van der Waals surface area contributed by atoms with Gasteiger partial charge in [0, 0.05) is 0 Å². The number of alkyl halides is 7. The third-order valence-corrected chi connectivity index (χ3v) is 3.99. The summed E-state index contributed by atoms with van der Waals surface area (Å²) >= 11 is 0. The third kappa shape index (κ3) is 4.13. The van der Waals surface area contributed by atoms with Gasteiger partial charge in [0.2, 0.25) is 0 Å². The van der Waals surface area contributed by atoms with Crippen molar-refractivity contribution < 1.29 is 40.3 Å². The van der Waals surface area contributed by atoms with Crippen LogP contribution in [0, 0.1) is 13.8 Å². The Morgan fingerprint density at radius 3 is 1.43 bits per heavy atom. The lowest BCUT2D eigenvalue weighted by Crippen LogP contribution is -2.56. The Hall–Kier alpha value is -2.58. The molecule has 9 heteroatoms. The molecule has 0 fully saturated rings.